The fraction of sp³-hybridized carbons (Fsp3) is 0.643. The van der Waals surface area contributed by atoms with Crippen molar-refractivity contribution in [2.75, 3.05) is 0 Å². The summed E-state index contributed by atoms with van der Waals surface area (Å²) in [4.78, 5) is 12.4. The van der Waals surface area contributed by atoms with Crippen molar-refractivity contribution < 1.29 is 0 Å². The van der Waals surface area contributed by atoms with Crippen LogP contribution in [-0.2, 0) is 6.54 Å². The molecule has 0 radical (unpaired) electrons. The highest BCUT2D eigenvalue weighted by molar-refractivity contribution is 6.35. The molecule has 0 spiro atoms. The molecule has 0 aliphatic heterocycles. The topological polar surface area (TPSA) is 43.6 Å². The predicted molar refractivity (Wildman–Crippen MR) is 81.1 cm³/mol. The highest BCUT2D eigenvalue weighted by Gasteiger charge is 2.27. The van der Waals surface area contributed by atoms with Gasteiger partial charge in [0.05, 0.1) is 6.33 Å². The summed E-state index contributed by atoms with van der Waals surface area (Å²) in [5, 5.41) is 0.529. The second kappa shape index (κ2) is 5.15. The summed E-state index contributed by atoms with van der Waals surface area (Å²) < 4.78 is 2.07. The summed E-state index contributed by atoms with van der Waals surface area (Å²) in [6.07, 6.45) is 6.85. The molecular formula is C14H18Cl2N4. The van der Waals surface area contributed by atoms with E-state index in [9.17, 15) is 0 Å². The molecule has 4 nitrogen and oxygen atoms in total. The van der Waals surface area contributed by atoms with Crippen molar-refractivity contribution in [2.45, 2.75) is 46.1 Å². The van der Waals surface area contributed by atoms with Crippen LogP contribution in [-0.4, -0.2) is 19.5 Å². The van der Waals surface area contributed by atoms with Crippen LogP contribution in [0.1, 0.15) is 39.5 Å². The Labute approximate surface area is 128 Å². The lowest BCUT2D eigenvalue weighted by molar-refractivity contribution is 0.180. The Morgan fingerprint density at radius 1 is 1.25 bits per heavy atom. The molecule has 2 heterocycles. The van der Waals surface area contributed by atoms with Gasteiger partial charge in [-0.2, -0.15) is 4.98 Å². The van der Waals surface area contributed by atoms with E-state index in [1.807, 2.05) is 0 Å². The summed E-state index contributed by atoms with van der Waals surface area (Å²) in [5.74, 6) is 0.673. The van der Waals surface area contributed by atoms with E-state index in [-0.39, 0.29) is 5.28 Å². The molecular weight excluding hydrogens is 295 g/mol. The van der Waals surface area contributed by atoms with Gasteiger partial charge in [0.1, 0.15) is 5.52 Å². The van der Waals surface area contributed by atoms with Gasteiger partial charge >= 0.3 is 0 Å². The molecule has 0 amide bonds. The number of halogens is 2. The highest BCUT2D eigenvalue weighted by atomic mass is 35.5. The average Bonchev–Trinajstić information content (AvgIpc) is 2.75. The fourth-order valence-electron chi connectivity index (χ4n) is 2.97. The van der Waals surface area contributed by atoms with Gasteiger partial charge in [-0.1, -0.05) is 25.4 Å². The van der Waals surface area contributed by atoms with E-state index >= 15 is 0 Å². The first kappa shape index (κ1) is 14.1. The normalized spacial score (nSPS) is 19.6. The monoisotopic (exact) mass is 312 g/mol. The number of hydrogen-bond donors (Lipinski definition) is 0. The van der Waals surface area contributed by atoms with Gasteiger partial charge in [-0.15, -0.1) is 0 Å². The zero-order valence-electron chi connectivity index (χ0n) is 11.7. The number of imidazole rings is 1. The molecule has 108 valence electrons. The Balaban J connectivity index is 1.82. The van der Waals surface area contributed by atoms with E-state index in [4.69, 9.17) is 23.2 Å². The average molecular weight is 313 g/mol. The van der Waals surface area contributed by atoms with Crippen molar-refractivity contribution in [3.8, 4) is 0 Å². The summed E-state index contributed by atoms with van der Waals surface area (Å²) in [6, 6.07) is 0. The minimum Gasteiger partial charge on any atom is -0.326 e. The van der Waals surface area contributed by atoms with Crippen LogP contribution >= 0.6 is 23.2 Å². The van der Waals surface area contributed by atoms with Crippen LogP contribution in [0.15, 0.2) is 6.33 Å². The highest BCUT2D eigenvalue weighted by Crippen LogP contribution is 2.38. The number of hydrogen-bond acceptors (Lipinski definition) is 3. The molecule has 1 aliphatic carbocycles. The van der Waals surface area contributed by atoms with Crippen molar-refractivity contribution in [1.82, 2.24) is 19.5 Å². The maximum atomic E-state index is 6.18. The van der Waals surface area contributed by atoms with Crippen LogP contribution in [0.4, 0.5) is 0 Å². The van der Waals surface area contributed by atoms with Crippen molar-refractivity contribution in [1.29, 1.82) is 0 Å². The van der Waals surface area contributed by atoms with E-state index in [2.05, 4.69) is 33.4 Å². The first-order chi connectivity index (χ1) is 9.44. The van der Waals surface area contributed by atoms with Gasteiger partial charge in [-0.25, -0.2) is 9.97 Å². The van der Waals surface area contributed by atoms with Gasteiger partial charge in [-0.3, -0.25) is 0 Å². The van der Waals surface area contributed by atoms with Gasteiger partial charge in [-0.05, 0) is 48.6 Å². The molecule has 1 fully saturated rings. The van der Waals surface area contributed by atoms with Gasteiger partial charge in [0.15, 0.2) is 10.8 Å². The van der Waals surface area contributed by atoms with Crippen molar-refractivity contribution in [2.24, 2.45) is 11.3 Å². The van der Waals surface area contributed by atoms with Gasteiger partial charge in [0.2, 0.25) is 5.28 Å². The minimum atomic E-state index is 0.146. The molecule has 0 N–H and O–H groups in total. The minimum absolute atomic E-state index is 0.146. The molecule has 3 rings (SSSR count). The van der Waals surface area contributed by atoms with Crippen molar-refractivity contribution in [3.63, 3.8) is 0 Å². The maximum absolute atomic E-state index is 6.18. The fourth-order valence-corrected chi connectivity index (χ4v) is 3.45. The third-order valence-electron chi connectivity index (χ3n) is 4.32. The third-order valence-corrected chi connectivity index (χ3v) is 4.75. The number of rotatable bonds is 2. The zero-order chi connectivity index (χ0) is 14.3. The second-order valence-corrected chi connectivity index (χ2v) is 7.16. The number of aromatic nitrogens is 4. The lowest BCUT2D eigenvalue weighted by atomic mass is 9.73. The first-order valence-electron chi connectivity index (χ1n) is 6.98. The SMILES string of the molecule is CC1(C)CCC(Cn2cnc3nc(Cl)nc(Cl)c32)CC1. The van der Waals surface area contributed by atoms with Crippen LogP contribution in [0.25, 0.3) is 11.2 Å². The van der Waals surface area contributed by atoms with E-state index in [0.717, 1.165) is 12.1 Å². The smallest absolute Gasteiger partial charge is 0.225 e. The van der Waals surface area contributed by atoms with Crippen LogP contribution in [0.2, 0.25) is 10.4 Å². The van der Waals surface area contributed by atoms with Gasteiger partial charge < -0.3 is 4.57 Å². The molecule has 1 saturated carbocycles. The lowest BCUT2D eigenvalue weighted by Crippen LogP contribution is -2.23. The lowest BCUT2D eigenvalue weighted by Gasteiger charge is -2.34. The second-order valence-electron chi connectivity index (χ2n) is 6.46. The molecule has 6 heteroatoms. The van der Waals surface area contributed by atoms with Gasteiger partial charge in [0.25, 0.3) is 0 Å². The molecule has 0 atom stereocenters. The van der Waals surface area contributed by atoms with Crippen LogP contribution in [0.3, 0.4) is 0 Å². The first-order valence-corrected chi connectivity index (χ1v) is 7.74. The number of fused-ring (bicyclic) bond motifs is 1. The molecule has 0 saturated heterocycles. The molecule has 2 aromatic heterocycles. The van der Waals surface area contributed by atoms with E-state index in [1.165, 1.54) is 25.7 Å². The Morgan fingerprint density at radius 2 is 1.95 bits per heavy atom. The molecule has 2 aromatic rings. The van der Waals surface area contributed by atoms with Gasteiger partial charge in [0, 0.05) is 6.54 Å². The van der Waals surface area contributed by atoms with E-state index < -0.39 is 0 Å². The standard InChI is InChI=1S/C14H18Cl2N4/c1-14(2)5-3-9(4-6-14)7-20-8-17-12-10(20)11(15)18-13(16)19-12/h8-9H,3-7H2,1-2H3. The molecule has 0 bridgehead atoms. The Bertz CT molecular complexity index is 625. The molecule has 0 unspecified atom stereocenters. The Hall–Kier alpha value is -0.870. The maximum Gasteiger partial charge on any atom is 0.225 e. The van der Waals surface area contributed by atoms with E-state index in [0.29, 0.717) is 22.1 Å². The Kier molecular flexibility index (Phi) is 3.63. The van der Waals surface area contributed by atoms with Crippen LogP contribution in [0, 0.1) is 11.3 Å². The summed E-state index contributed by atoms with van der Waals surface area (Å²) in [7, 11) is 0. The Morgan fingerprint density at radius 3 is 2.65 bits per heavy atom. The summed E-state index contributed by atoms with van der Waals surface area (Å²) in [5.41, 5.74) is 1.86. The molecule has 1 aliphatic rings. The van der Waals surface area contributed by atoms with E-state index in [1.54, 1.807) is 6.33 Å². The van der Waals surface area contributed by atoms with Crippen LogP contribution in [0.5, 0.6) is 0 Å². The number of nitrogens with zero attached hydrogens (tertiary/aromatic N) is 4. The molecule has 0 aromatic carbocycles. The quantitative estimate of drug-likeness (QED) is 0.611. The largest absolute Gasteiger partial charge is 0.326 e. The van der Waals surface area contributed by atoms with Crippen molar-refractivity contribution >= 4 is 34.4 Å². The predicted octanol–water partition coefficient (Wildman–Crippen LogP) is 4.35. The zero-order valence-corrected chi connectivity index (χ0v) is 13.2. The summed E-state index contributed by atoms with van der Waals surface area (Å²) in [6.45, 7) is 5.63. The summed E-state index contributed by atoms with van der Waals surface area (Å²) >= 11 is 12.0. The van der Waals surface area contributed by atoms with Crippen LogP contribution < -0.4 is 0 Å². The third kappa shape index (κ3) is 2.77. The molecule has 20 heavy (non-hydrogen) atoms. The van der Waals surface area contributed by atoms with Crippen molar-refractivity contribution in [3.05, 3.63) is 16.8 Å².